The van der Waals surface area contributed by atoms with Crippen molar-refractivity contribution in [3.63, 3.8) is 0 Å². The average molecular weight is 400 g/mol. The highest BCUT2D eigenvalue weighted by atomic mass is 32.2. The summed E-state index contributed by atoms with van der Waals surface area (Å²) >= 11 is 0. The van der Waals surface area contributed by atoms with E-state index in [0.29, 0.717) is 12.0 Å². The number of sulfone groups is 1. The lowest BCUT2D eigenvalue weighted by Gasteiger charge is -2.19. The average Bonchev–Trinajstić information content (AvgIpc) is 2.58. The third-order valence-electron chi connectivity index (χ3n) is 3.85. The fourth-order valence-corrected chi connectivity index (χ4v) is 5.41. The van der Waals surface area contributed by atoms with Gasteiger partial charge >= 0.3 is 0 Å². The molecule has 0 unspecified atom stereocenters. The molecule has 142 valence electrons. The summed E-state index contributed by atoms with van der Waals surface area (Å²) in [4.78, 5) is 3.85. The Balaban J connectivity index is 2.44. The molecule has 0 bridgehead atoms. The SMILES string of the molecule is CCCS(=O)(=O)NC[C@@H](c1cccnc1)S(=O)(=O)c1ccc(F)c(C)c1. The number of nitrogens with zero attached hydrogens (tertiary/aromatic N) is 1. The monoisotopic (exact) mass is 400 g/mol. The Morgan fingerprint density at radius 2 is 1.92 bits per heavy atom. The van der Waals surface area contributed by atoms with Gasteiger partial charge in [0.1, 0.15) is 11.1 Å². The van der Waals surface area contributed by atoms with Crippen LogP contribution in [0.4, 0.5) is 4.39 Å². The molecule has 1 aromatic heterocycles. The van der Waals surface area contributed by atoms with Crippen molar-refractivity contribution in [3.05, 3.63) is 59.7 Å². The van der Waals surface area contributed by atoms with Gasteiger partial charge in [-0.15, -0.1) is 0 Å². The number of aryl methyl sites for hydroxylation is 1. The van der Waals surface area contributed by atoms with E-state index in [0.717, 1.165) is 6.07 Å². The number of benzene rings is 1. The van der Waals surface area contributed by atoms with Crippen LogP contribution in [0, 0.1) is 12.7 Å². The molecule has 1 heterocycles. The molecule has 0 spiro atoms. The van der Waals surface area contributed by atoms with E-state index in [1.165, 1.54) is 31.5 Å². The predicted molar refractivity (Wildman–Crippen MR) is 97.4 cm³/mol. The molecule has 0 amide bonds. The number of sulfonamides is 1. The van der Waals surface area contributed by atoms with E-state index in [1.54, 1.807) is 19.1 Å². The van der Waals surface area contributed by atoms with Crippen molar-refractivity contribution in [1.82, 2.24) is 9.71 Å². The van der Waals surface area contributed by atoms with E-state index in [-0.39, 0.29) is 22.8 Å². The second kappa shape index (κ2) is 8.24. The van der Waals surface area contributed by atoms with Crippen LogP contribution >= 0.6 is 0 Å². The summed E-state index contributed by atoms with van der Waals surface area (Å²) in [6, 6.07) is 6.66. The van der Waals surface area contributed by atoms with Crippen LogP contribution in [0.15, 0.2) is 47.6 Å². The highest BCUT2D eigenvalue weighted by Gasteiger charge is 2.31. The standard InChI is InChI=1S/C17H21FN2O4S2/c1-3-9-25(21,22)20-12-17(14-5-4-8-19-11-14)26(23,24)15-6-7-16(18)13(2)10-15/h4-8,10-11,17,20H,3,9,12H2,1-2H3/t17-/m0/s1. The first kappa shape index (κ1) is 20.5. The third kappa shape index (κ3) is 4.87. The van der Waals surface area contributed by atoms with Crippen LogP contribution in [0.3, 0.4) is 0 Å². The van der Waals surface area contributed by atoms with Gasteiger partial charge in [-0.1, -0.05) is 13.0 Å². The highest BCUT2D eigenvalue weighted by molar-refractivity contribution is 7.92. The molecule has 0 aliphatic carbocycles. The van der Waals surface area contributed by atoms with Crippen LogP contribution in [-0.4, -0.2) is 34.1 Å². The van der Waals surface area contributed by atoms with Gasteiger partial charge in [-0.3, -0.25) is 4.98 Å². The maximum Gasteiger partial charge on any atom is 0.211 e. The van der Waals surface area contributed by atoms with Gasteiger partial charge in [0.05, 0.1) is 10.6 Å². The Labute approximate surface area is 153 Å². The molecule has 0 aliphatic rings. The number of aromatic nitrogens is 1. The predicted octanol–water partition coefficient (Wildman–Crippen LogP) is 2.37. The molecule has 1 atom stereocenters. The molecule has 6 nitrogen and oxygen atoms in total. The lowest BCUT2D eigenvalue weighted by Crippen LogP contribution is -2.33. The Morgan fingerprint density at radius 1 is 1.19 bits per heavy atom. The molecule has 2 rings (SSSR count). The molecule has 0 fully saturated rings. The van der Waals surface area contributed by atoms with E-state index in [2.05, 4.69) is 9.71 Å². The molecule has 1 aromatic carbocycles. The summed E-state index contributed by atoms with van der Waals surface area (Å²) in [5.74, 6) is -0.604. The second-order valence-electron chi connectivity index (χ2n) is 5.90. The summed E-state index contributed by atoms with van der Waals surface area (Å²) < 4.78 is 65.9. The number of hydrogen-bond acceptors (Lipinski definition) is 5. The van der Waals surface area contributed by atoms with Crippen LogP contribution in [0.25, 0.3) is 0 Å². The maximum absolute atomic E-state index is 13.5. The minimum Gasteiger partial charge on any atom is -0.264 e. The highest BCUT2D eigenvalue weighted by Crippen LogP contribution is 2.29. The Kier molecular flexibility index (Phi) is 6.48. The zero-order valence-electron chi connectivity index (χ0n) is 14.5. The smallest absolute Gasteiger partial charge is 0.211 e. The first-order valence-electron chi connectivity index (χ1n) is 8.04. The minimum absolute atomic E-state index is 0.0695. The zero-order chi connectivity index (χ0) is 19.4. The van der Waals surface area contributed by atoms with Crippen molar-refractivity contribution in [2.45, 2.75) is 30.4 Å². The molecule has 0 aliphatic heterocycles. The molecule has 26 heavy (non-hydrogen) atoms. The van der Waals surface area contributed by atoms with E-state index in [1.807, 2.05) is 0 Å². The summed E-state index contributed by atoms with van der Waals surface area (Å²) in [7, 11) is -7.55. The Bertz CT molecular complexity index is 962. The molecule has 0 radical (unpaired) electrons. The summed E-state index contributed by atoms with van der Waals surface area (Å²) in [6.07, 6.45) is 3.29. The molecular weight excluding hydrogens is 379 g/mol. The van der Waals surface area contributed by atoms with Crippen LogP contribution in [0.5, 0.6) is 0 Å². The van der Waals surface area contributed by atoms with E-state index in [9.17, 15) is 21.2 Å². The maximum atomic E-state index is 13.5. The van der Waals surface area contributed by atoms with Crippen LogP contribution in [0.1, 0.15) is 29.7 Å². The van der Waals surface area contributed by atoms with Crippen molar-refractivity contribution >= 4 is 19.9 Å². The van der Waals surface area contributed by atoms with Gasteiger partial charge in [0, 0.05) is 18.9 Å². The van der Waals surface area contributed by atoms with Gasteiger partial charge in [-0.25, -0.2) is 25.9 Å². The zero-order valence-corrected chi connectivity index (χ0v) is 16.1. The topological polar surface area (TPSA) is 93.2 Å². The number of rotatable bonds is 8. The fraction of sp³-hybridized carbons (Fsp3) is 0.353. The van der Waals surface area contributed by atoms with E-state index < -0.39 is 30.9 Å². The lowest BCUT2D eigenvalue weighted by molar-refractivity contribution is 0.567. The number of pyridine rings is 1. The number of halogens is 1. The molecule has 2 aromatic rings. The van der Waals surface area contributed by atoms with Crippen molar-refractivity contribution in [3.8, 4) is 0 Å². The van der Waals surface area contributed by atoms with Crippen LogP contribution in [-0.2, 0) is 19.9 Å². The Morgan fingerprint density at radius 3 is 2.50 bits per heavy atom. The quantitative estimate of drug-likeness (QED) is 0.687. The normalized spacial score (nSPS) is 13.5. The molecule has 9 heteroatoms. The fourth-order valence-electron chi connectivity index (χ4n) is 2.48. The van der Waals surface area contributed by atoms with E-state index in [4.69, 9.17) is 0 Å². The summed E-state index contributed by atoms with van der Waals surface area (Å²) in [5, 5.41) is -1.17. The van der Waals surface area contributed by atoms with Crippen LogP contribution < -0.4 is 4.72 Å². The third-order valence-corrected chi connectivity index (χ3v) is 7.50. The summed E-state index contributed by atoms with van der Waals surface area (Å²) in [5.41, 5.74) is 0.552. The van der Waals surface area contributed by atoms with Gasteiger partial charge in [-0.05, 0) is 48.7 Å². The molecule has 0 saturated carbocycles. The van der Waals surface area contributed by atoms with Gasteiger partial charge in [0.2, 0.25) is 10.0 Å². The number of nitrogens with one attached hydrogen (secondary N) is 1. The second-order valence-corrected chi connectivity index (χ2v) is 9.96. The van der Waals surface area contributed by atoms with Gasteiger partial charge < -0.3 is 0 Å². The van der Waals surface area contributed by atoms with Crippen molar-refractivity contribution in [1.29, 1.82) is 0 Å². The first-order chi connectivity index (χ1) is 12.2. The minimum atomic E-state index is -3.96. The number of hydrogen-bond donors (Lipinski definition) is 1. The largest absolute Gasteiger partial charge is 0.264 e. The van der Waals surface area contributed by atoms with Crippen molar-refractivity contribution in [2.75, 3.05) is 12.3 Å². The molecule has 1 N–H and O–H groups in total. The van der Waals surface area contributed by atoms with Gasteiger partial charge in [0.25, 0.3) is 0 Å². The van der Waals surface area contributed by atoms with Crippen molar-refractivity contribution in [2.24, 2.45) is 0 Å². The molecule has 0 saturated heterocycles. The lowest BCUT2D eigenvalue weighted by atomic mass is 10.2. The van der Waals surface area contributed by atoms with Gasteiger partial charge in [-0.2, -0.15) is 0 Å². The first-order valence-corrected chi connectivity index (χ1v) is 11.2. The van der Waals surface area contributed by atoms with Crippen molar-refractivity contribution < 1.29 is 21.2 Å². The summed E-state index contributed by atoms with van der Waals surface area (Å²) in [6.45, 7) is 2.86. The van der Waals surface area contributed by atoms with Crippen LogP contribution in [0.2, 0.25) is 0 Å². The molecular formula is C17H21FN2O4S2. The van der Waals surface area contributed by atoms with E-state index >= 15 is 0 Å². The van der Waals surface area contributed by atoms with Gasteiger partial charge in [0.15, 0.2) is 9.84 Å². The Hall–Kier alpha value is -1.84.